The quantitative estimate of drug-likeness (QED) is 0.512. The Morgan fingerprint density at radius 2 is 2.12 bits per heavy atom. The van der Waals surface area contributed by atoms with E-state index in [-0.39, 0.29) is 0 Å². The van der Waals surface area contributed by atoms with Crippen LogP contribution >= 0.6 is 0 Å². The zero-order chi connectivity index (χ0) is 12.0. The molecular formula is C16H18. The van der Waals surface area contributed by atoms with Crippen molar-refractivity contribution in [2.45, 2.75) is 26.7 Å². The Morgan fingerprint density at radius 1 is 1.38 bits per heavy atom. The highest BCUT2D eigenvalue weighted by Gasteiger charge is 2.01. The summed E-state index contributed by atoms with van der Waals surface area (Å²) in [7, 11) is 0. The SMILES string of the molecule is C#C/C=C\C(=C/C)c1cccc(C(C)C)c1. The summed E-state index contributed by atoms with van der Waals surface area (Å²) in [6, 6.07) is 8.59. The predicted molar refractivity (Wildman–Crippen MR) is 72.2 cm³/mol. The van der Waals surface area contributed by atoms with Crippen molar-refractivity contribution in [2.24, 2.45) is 0 Å². The van der Waals surface area contributed by atoms with Crippen LogP contribution < -0.4 is 0 Å². The second kappa shape index (κ2) is 5.98. The fraction of sp³-hybridized carbons (Fsp3) is 0.250. The molecule has 0 saturated carbocycles. The van der Waals surface area contributed by atoms with Crippen LogP contribution in [-0.2, 0) is 0 Å². The lowest BCUT2D eigenvalue weighted by Gasteiger charge is -2.08. The third-order valence-corrected chi connectivity index (χ3v) is 2.56. The van der Waals surface area contributed by atoms with Crippen molar-refractivity contribution in [3.63, 3.8) is 0 Å². The number of allylic oxidation sites excluding steroid dienone is 4. The summed E-state index contributed by atoms with van der Waals surface area (Å²) in [5, 5.41) is 0. The third-order valence-electron chi connectivity index (χ3n) is 2.56. The first-order valence-electron chi connectivity index (χ1n) is 5.58. The summed E-state index contributed by atoms with van der Waals surface area (Å²) in [6.07, 6.45) is 11.0. The van der Waals surface area contributed by atoms with Crippen molar-refractivity contribution in [1.29, 1.82) is 0 Å². The number of hydrogen-bond donors (Lipinski definition) is 0. The van der Waals surface area contributed by atoms with E-state index in [1.165, 1.54) is 16.7 Å². The number of benzene rings is 1. The largest absolute Gasteiger partial charge is 0.115 e. The molecule has 16 heavy (non-hydrogen) atoms. The minimum atomic E-state index is 0.551. The molecule has 0 amide bonds. The second-order valence-corrected chi connectivity index (χ2v) is 4.02. The van der Waals surface area contributed by atoms with Crippen molar-refractivity contribution >= 4 is 5.57 Å². The second-order valence-electron chi connectivity index (χ2n) is 4.02. The molecule has 0 radical (unpaired) electrons. The monoisotopic (exact) mass is 210 g/mol. The molecule has 1 aromatic rings. The summed E-state index contributed by atoms with van der Waals surface area (Å²) < 4.78 is 0. The summed E-state index contributed by atoms with van der Waals surface area (Å²) in [6.45, 7) is 6.43. The molecule has 0 N–H and O–H groups in total. The zero-order valence-electron chi connectivity index (χ0n) is 10.2. The lowest BCUT2D eigenvalue weighted by Crippen LogP contribution is -1.89. The molecule has 0 atom stereocenters. The molecular weight excluding hydrogens is 192 g/mol. The first-order valence-corrected chi connectivity index (χ1v) is 5.58. The van der Waals surface area contributed by atoms with Crippen LogP contribution in [-0.4, -0.2) is 0 Å². The van der Waals surface area contributed by atoms with E-state index < -0.39 is 0 Å². The lowest BCUT2D eigenvalue weighted by atomic mass is 9.97. The van der Waals surface area contributed by atoms with E-state index in [0.717, 1.165) is 0 Å². The summed E-state index contributed by atoms with van der Waals surface area (Å²) >= 11 is 0. The number of terminal acetylenes is 1. The molecule has 1 rings (SSSR count). The summed E-state index contributed by atoms with van der Waals surface area (Å²) in [5.74, 6) is 3.07. The summed E-state index contributed by atoms with van der Waals surface area (Å²) in [5.41, 5.74) is 3.74. The van der Waals surface area contributed by atoms with Gasteiger partial charge >= 0.3 is 0 Å². The highest BCUT2D eigenvalue weighted by molar-refractivity contribution is 5.74. The average Bonchev–Trinajstić information content (AvgIpc) is 2.30. The van der Waals surface area contributed by atoms with Crippen LogP contribution in [0.25, 0.3) is 5.57 Å². The molecule has 0 bridgehead atoms. The molecule has 0 spiro atoms. The van der Waals surface area contributed by atoms with Crippen molar-refractivity contribution in [3.8, 4) is 12.3 Å². The van der Waals surface area contributed by atoms with Crippen molar-refractivity contribution in [2.75, 3.05) is 0 Å². The van der Waals surface area contributed by atoms with Crippen LogP contribution in [0.2, 0.25) is 0 Å². The van der Waals surface area contributed by atoms with Gasteiger partial charge < -0.3 is 0 Å². The molecule has 0 aliphatic rings. The maximum absolute atomic E-state index is 5.22. The van der Waals surface area contributed by atoms with Gasteiger partial charge in [0.25, 0.3) is 0 Å². The van der Waals surface area contributed by atoms with Crippen molar-refractivity contribution in [3.05, 3.63) is 53.6 Å². The van der Waals surface area contributed by atoms with Crippen LogP contribution in [0.3, 0.4) is 0 Å². The smallest absolute Gasteiger partial charge is 0.0116 e. The fourth-order valence-corrected chi connectivity index (χ4v) is 1.57. The normalized spacial score (nSPS) is 12.1. The van der Waals surface area contributed by atoms with Gasteiger partial charge in [-0.3, -0.25) is 0 Å². The predicted octanol–water partition coefficient (Wildman–Crippen LogP) is 4.40. The Bertz CT molecular complexity index is 439. The first-order chi connectivity index (χ1) is 7.69. The minimum absolute atomic E-state index is 0.551. The molecule has 0 aliphatic heterocycles. The van der Waals surface area contributed by atoms with Gasteiger partial charge in [-0.2, -0.15) is 0 Å². The topological polar surface area (TPSA) is 0 Å². The maximum Gasteiger partial charge on any atom is -0.0116 e. The molecule has 0 aromatic heterocycles. The highest BCUT2D eigenvalue weighted by Crippen LogP contribution is 2.21. The van der Waals surface area contributed by atoms with Gasteiger partial charge in [-0.25, -0.2) is 0 Å². The highest BCUT2D eigenvalue weighted by atomic mass is 14.1. The van der Waals surface area contributed by atoms with Gasteiger partial charge in [0.1, 0.15) is 0 Å². The van der Waals surface area contributed by atoms with E-state index in [0.29, 0.717) is 5.92 Å². The minimum Gasteiger partial charge on any atom is -0.115 e. The van der Waals surface area contributed by atoms with Crippen molar-refractivity contribution < 1.29 is 0 Å². The van der Waals surface area contributed by atoms with Crippen LogP contribution in [0, 0.1) is 12.3 Å². The van der Waals surface area contributed by atoms with E-state index in [9.17, 15) is 0 Å². The molecule has 0 heteroatoms. The molecule has 0 saturated heterocycles. The Morgan fingerprint density at radius 3 is 2.69 bits per heavy atom. The Kier molecular flexibility index (Phi) is 4.61. The van der Waals surface area contributed by atoms with Gasteiger partial charge in [0.2, 0.25) is 0 Å². The third kappa shape index (κ3) is 3.14. The maximum atomic E-state index is 5.22. The van der Waals surface area contributed by atoms with E-state index >= 15 is 0 Å². The Balaban J connectivity index is 3.08. The molecule has 0 aliphatic carbocycles. The molecule has 0 nitrogen and oxygen atoms in total. The zero-order valence-corrected chi connectivity index (χ0v) is 10.2. The lowest BCUT2D eigenvalue weighted by molar-refractivity contribution is 0.866. The van der Waals surface area contributed by atoms with Crippen LogP contribution in [0.5, 0.6) is 0 Å². The van der Waals surface area contributed by atoms with Crippen LogP contribution in [0.15, 0.2) is 42.5 Å². The van der Waals surface area contributed by atoms with Crippen molar-refractivity contribution in [1.82, 2.24) is 0 Å². The molecule has 0 unspecified atom stereocenters. The molecule has 82 valence electrons. The average molecular weight is 210 g/mol. The van der Waals surface area contributed by atoms with E-state index in [2.05, 4.69) is 50.1 Å². The van der Waals surface area contributed by atoms with E-state index in [1.54, 1.807) is 6.08 Å². The molecule has 0 fully saturated rings. The molecule has 0 heterocycles. The van der Waals surface area contributed by atoms with Gasteiger partial charge in [0, 0.05) is 0 Å². The molecule has 1 aromatic carbocycles. The van der Waals surface area contributed by atoms with Gasteiger partial charge in [-0.15, -0.1) is 6.42 Å². The summed E-state index contributed by atoms with van der Waals surface area (Å²) in [4.78, 5) is 0. The Labute approximate surface area is 98.7 Å². The van der Waals surface area contributed by atoms with Crippen LogP contribution in [0.1, 0.15) is 37.8 Å². The van der Waals surface area contributed by atoms with E-state index in [1.807, 2.05) is 13.0 Å². The van der Waals surface area contributed by atoms with E-state index in [4.69, 9.17) is 6.42 Å². The number of hydrogen-bond acceptors (Lipinski definition) is 0. The first kappa shape index (κ1) is 12.3. The number of rotatable bonds is 3. The fourth-order valence-electron chi connectivity index (χ4n) is 1.57. The van der Waals surface area contributed by atoms with Gasteiger partial charge in [0.05, 0.1) is 0 Å². The van der Waals surface area contributed by atoms with Gasteiger partial charge in [-0.1, -0.05) is 50.1 Å². The standard InChI is InChI=1S/C16H18/c1-5-7-9-14(6-2)16-11-8-10-15(12-16)13(3)4/h1,6-13H,2-4H3/b9-7-,14-6+. The van der Waals surface area contributed by atoms with Gasteiger partial charge in [0.15, 0.2) is 0 Å². The van der Waals surface area contributed by atoms with Crippen LogP contribution in [0.4, 0.5) is 0 Å². The Hall–Kier alpha value is -1.74. The van der Waals surface area contributed by atoms with Gasteiger partial charge in [-0.05, 0) is 41.7 Å².